The Labute approximate surface area is 112 Å². The molecule has 0 unspecified atom stereocenters. The summed E-state index contributed by atoms with van der Waals surface area (Å²) in [5, 5.41) is 8.72. The van der Waals surface area contributed by atoms with Crippen LogP contribution in [0.2, 0.25) is 0 Å². The van der Waals surface area contributed by atoms with Crippen LogP contribution in [0.15, 0.2) is 30.3 Å². The molecular weight excluding hydrogens is 264 g/mol. The van der Waals surface area contributed by atoms with Gasteiger partial charge in [-0.05, 0) is 30.2 Å². The minimum absolute atomic E-state index is 0.0868. The summed E-state index contributed by atoms with van der Waals surface area (Å²) in [6.45, 7) is 1.72. The van der Waals surface area contributed by atoms with Gasteiger partial charge in [0.15, 0.2) is 0 Å². The first-order valence-electron chi connectivity index (χ1n) is 5.69. The van der Waals surface area contributed by atoms with Crippen molar-refractivity contribution in [2.75, 3.05) is 5.75 Å². The topological polar surface area (TPSA) is 87.0 Å². The highest BCUT2D eigenvalue weighted by molar-refractivity contribution is 7.90. The number of carbonyl (C=O) groups is 1. The lowest BCUT2D eigenvalue weighted by Gasteiger charge is -2.02. The number of hydrogen-bond acceptors (Lipinski definition) is 4. The van der Waals surface area contributed by atoms with Gasteiger partial charge >= 0.3 is 0 Å². The fourth-order valence-corrected chi connectivity index (χ4v) is 2.40. The van der Waals surface area contributed by atoms with Crippen molar-refractivity contribution in [1.29, 1.82) is 5.26 Å². The SMILES string of the molecule is CCCS(=O)(=O)NC(=O)C=Cc1cccc(C#N)c1. The molecule has 1 N–H and O–H groups in total. The van der Waals surface area contributed by atoms with Crippen LogP contribution in [0.3, 0.4) is 0 Å². The average molecular weight is 278 g/mol. The van der Waals surface area contributed by atoms with Crippen molar-refractivity contribution in [3.05, 3.63) is 41.5 Å². The lowest BCUT2D eigenvalue weighted by molar-refractivity contribution is -0.114. The maximum Gasteiger partial charge on any atom is 0.257 e. The number of amides is 1. The van der Waals surface area contributed by atoms with Crippen molar-refractivity contribution in [3.8, 4) is 6.07 Å². The molecule has 0 aromatic heterocycles. The third-order valence-corrected chi connectivity index (χ3v) is 3.63. The van der Waals surface area contributed by atoms with E-state index >= 15 is 0 Å². The number of benzene rings is 1. The number of rotatable bonds is 5. The second kappa shape index (κ2) is 6.71. The molecule has 1 aromatic rings. The molecule has 5 nitrogen and oxygen atoms in total. The highest BCUT2D eigenvalue weighted by Gasteiger charge is 2.10. The number of nitrogens with one attached hydrogen (secondary N) is 1. The number of carbonyl (C=O) groups excluding carboxylic acids is 1. The predicted octanol–water partition coefficient (Wildman–Crippen LogP) is 1.43. The average Bonchev–Trinajstić information content (AvgIpc) is 2.36. The van der Waals surface area contributed by atoms with Gasteiger partial charge in [-0.2, -0.15) is 5.26 Å². The Hall–Kier alpha value is -2.13. The summed E-state index contributed by atoms with van der Waals surface area (Å²) in [4.78, 5) is 11.4. The molecule has 0 radical (unpaired) electrons. The van der Waals surface area contributed by atoms with Gasteiger partial charge in [-0.1, -0.05) is 19.1 Å². The maximum absolute atomic E-state index is 11.4. The highest BCUT2D eigenvalue weighted by Crippen LogP contribution is 2.05. The van der Waals surface area contributed by atoms with Gasteiger partial charge in [0, 0.05) is 6.08 Å². The largest absolute Gasteiger partial charge is 0.269 e. The Morgan fingerprint density at radius 2 is 2.21 bits per heavy atom. The lowest BCUT2D eigenvalue weighted by Crippen LogP contribution is -2.30. The molecule has 0 aliphatic heterocycles. The number of nitriles is 1. The van der Waals surface area contributed by atoms with Gasteiger partial charge in [-0.25, -0.2) is 13.1 Å². The minimum Gasteiger partial charge on any atom is -0.269 e. The van der Waals surface area contributed by atoms with Crippen molar-refractivity contribution >= 4 is 22.0 Å². The van der Waals surface area contributed by atoms with E-state index in [1.807, 2.05) is 10.8 Å². The summed E-state index contributed by atoms with van der Waals surface area (Å²) in [5.41, 5.74) is 1.13. The van der Waals surface area contributed by atoms with E-state index < -0.39 is 15.9 Å². The summed E-state index contributed by atoms with van der Waals surface area (Å²) >= 11 is 0. The molecule has 0 saturated heterocycles. The van der Waals surface area contributed by atoms with Gasteiger partial charge in [-0.3, -0.25) is 4.79 Å². The van der Waals surface area contributed by atoms with Crippen LogP contribution in [-0.4, -0.2) is 20.1 Å². The monoisotopic (exact) mass is 278 g/mol. The third-order valence-electron chi connectivity index (χ3n) is 2.17. The third kappa shape index (κ3) is 5.36. The Kier molecular flexibility index (Phi) is 5.27. The fraction of sp³-hybridized carbons (Fsp3) is 0.231. The zero-order chi connectivity index (χ0) is 14.3. The van der Waals surface area contributed by atoms with Gasteiger partial charge in [-0.15, -0.1) is 0 Å². The van der Waals surface area contributed by atoms with Crippen molar-refractivity contribution in [2.24, 2.45) is 0 Å². The summed E-state index contributed by atoms with van der Waals surface area (Å²) in [7, 11) is -3.55. The molecule has 1 amide bonds. The van der Waals surface area contributed by atoms with Crippen LogP contribution < -0.4 is 4.72 Å². The van der Waals surface area contributed by atoms with Crippen molar-refractivity contribution < 1.29 is 13.2 Å². The van der Waals surface area contributed by atoms with Crippen LogP contribution in [0.25, 0.3) is 6.08 Å². The predicted molar refractivity (Wildman–Crippen MR) is 72.4 cm³/mol. The Morgan fingerprint density at radius 1 is 1.47 bits per heavy atom. The summed E-state index contributed by atoms with van der Waals surface area (Å²) in [6, 6.07) is 8.62. The smallest absolute Gasteiger partial charge is 0.257 e. The zero-order valence-corrected chi connectivity index (χ0v) is 11.3. The Balaban J connectivity index is 2.71. The number of sulfonamides is 1. The van der Waals surface area contributed by atoms with Gasteiger partial charge in [0.2, 0.25) is 10.0 Å². The van der Waals surface area contributed by atoms with Crippen LogP contribution in [0.1, 0.15) is 24.5 Å². The van der Waals surface area contributed by atoms with Crippen LogP contribution in [0, 0.1) is 11.3 Å². The zero-order valence-electron chi connectivity index (χ0n) is 10.5. The molecular formula is C13H14N2O3S. The van der Waals surface area contributed by atoms with E-state index in [-0.39, 0.29) is 5.75 Å². The lowest BCUT2D eigenvalue weighted by atomic mass is 10.1. The molecule has 1 aromatic carbocycles. The van der Waals surface area contributed by atoms with Crippen molar-refractivity contribution in [3.63, 3.8) is 0 Å². The first-order chi connectivity index (χ1) is 8.96. The van der Waals surface area contributed by atoms with Crippen molar-refractivity contribution in [2.45, 2.75) is 13.3 Å². The van der Waals surface area contributed by atoms with E-state index in [0.717, 1.165) is 6.08 Å². The maximum atomic E-state index is 11.4. The molecule has 0 heterocycles. The molecule has 0 saturated carbocycles. The quantitative estimate of drug-likeness (QED) is 0.825. The standard InChI is InChI=1S/C13H14N2O3S/c1-2-8-19(17,18)15-13(16)7-6-11-4-3-5-12(9-11)10-14/h3-7,9H,2,8H2,1H3,(H,15,16). The normalized spacial score (nSPS) is 11.2. The van der Waals surface area contributed by atoms with Crippen LogP contribution in [0.5, 0.6) is 0 Å². The Morgan fingerprint density at radius 3 is 2.84 bits per heavy atom. The van der Waals surface area contributed by atoms with E-state index in [0.29, 0.717) is 17.5 Å². The highest BCUT2D eigenvalue weighted by atomic mass is 32.2. The molecule has 0 aliphatic rings. The second-order valence-electron chi connectivity index (χ2n) is 3.86. The summed E-state index contributed by atoms with van der Waals surface area (Å²) < 4.78 is 24.6. The van der Waals surface area contributed by atoms with E-state index in [9.17, 15) is 13.2 Å². The molecule has 19 heavy (non-hydrogen) atoms. The number of nitrogens with zero attached hydrogens (tertiary/aromatic N) is 1. The molecule has 0 atom stereocenters. The van der Waals surface area contributed by atoms with Gasteiger partial charge in [0.25, 0.3) is 5.91 Å². The minimum atomic E-state index is -3.55. The van der Waals surface area contributed by atoms with E-state index in [2.05, 4.69) is 0 Å². The Bertz CT molecular complexity index is 628. The summed E-state index contributed by atoms with van der Waals surface area (Å²) in [5.74, 6) is -0.785. The van der Waals surface area contributed by atoms with Gasteiger partial charge in [0.05, 0.1) is 17.4 Å². The van der Waals surface area contributed by atoms with Crippen LogP contribution >= 0.6 is 0 Å². The van der Waals surface area contributed by atoms with E-state index in [1.54, 1.807) is 31.2 Å². The molecule has 6 heteroatoms. The van der Waals surface area contributed by atoms with E-state index in [4.69, 9.17) is 5.26 Å². The second-order valence-corrected chi connectivity index (χ2v) is 5.70. The van der Waals surface area contributed by atoms with Crippen molar-refractivity contribution in [1.82, 2.24) is 4.72 Å². The van der Waals surface area contributed by atoms with Gasteiger partial charge < -0.3 is 0 Å². The first-order valence-corrected chi connectivity index (χ1v) is 7.35. The van der Waals surface area contributed by atoms with E-state index in [1.165, 1.54) is 6.08 Å². The fourth-order valence-electron chi connectivity index (χ4n) is 1.39. The molecule has 0 bridgehead atoms. The molecule has 0 aliphatic carbocycles. The molecule has 0 spiro atoms. The van der Waals surface area contributed by atoms with Gasteiger partial charge in [0.1, 0.15) is 0 Å². The number of hydrogen-bond donors (Lipinski definition) is 1. The molecule has 100 valence electrons. The molecule has 0 fully saturated rings. The first kappa shape index (κ1) is 14.9. The van der Waals surface area contributed by atoms with Crippen LogP contribution in [-0.2, 0) is 14.8 Å². The van der Waals surface area contributed by atoms with Crippen LogP contribution in [0.4, 0.5) is 0 Å². The summed E-state index contributed by atoms with van der Waals surface area (Å²) in [6.07, 6.45) is 3.03. The molecule has 1 rings (SSSR count).